The number of rotatable bonds is 0. The van der Waals surface area contributed by atoms with Gasteiger partial charge in [0.25, 0.3) is 0 Å². The van der Waals surface area contributed by atoms with Crippen LogP contribution >= 0.6 is 0 Å². The van der Waals surface area contributed by atoms with Crippen LogP contribution in [-0.2, 0) is 39.3 Å². The van der Waals surface area contributed by atoms with Gasteiger partial charge in [-0.05, 0) is 0 Å². The van der Waals surface area contributed by atoms with Crippen molar-refractivity contribution in [2.75, 3.05) is 0 Å². The molecule has 0 aromatic carbocycles. The van der Waals surface area contributed by atoms with E-state index in [2.05, 4.69) is 0 Å². The predicted octanol–water partition coefficient (Wildman–Crippen LogP) is -0.772. The van der Waals surface area contributed by atoms with E-state index in [-0.39, 0.29) is 70.9 Å². The Hall–Kier alpha value is 2.58. The fraction of sp³-hybridized carbons (Fsp3) is 0. The smallest absolute Gasteiger partial charge is 0 e. The van der Waals surface area contributed by atoms with Crippen molar-refractivity contribution >= 4 is 51.4 Å². The van der Waals surface area contributed by atoms with Crippen LogP contribution in [0.5, 0.6) is 0 Å². The minimum Gasteiger partial charge on any atom is 0 e. The van der Waals surface area contributed by atoms with Gasteiger partial charge in [-0.1, -0.05) is 0 Å². The van der Waals surface area contributed by atoms with Crippen molar-refractivity contribution < 1.29 is 39.3 Å². The summed E-state index contributed by atoms with van der Waals surface area (Å²) >= 11 is 1.69. The third-order valence-corrected chi connectivity index (χ3v) is 0. The summed E-state index contributed by atoms with van der Waals surface area (Å²) in [5.74, 6) is 0. The third kappa shape index (κ3) is 8.82. The summed E-state index contributed by atoms with van der Waals surface area (Å²) in [4.78, 5) is 0. The van der Waals surface area contributed by atoms with Gasteiger partial charge in [0, 0.05) is 19.5 Å². The van der Waals surface area contributed by atoms with Crippen LogP contribution < -0.4 is 0 Å². The topological polar surface area (TPSA) is 17.1 Å². The second-order valence-electron chi connectivity index (χ2n) is 0. The molecule has 0 bridgehead atoms. The molecule has 0 amide bonds. The Labute approximate surface area is 88.5 Å². The molecule has 4 heavy (non-hydrogen) atoms. The van der Waals surface area contributed by atoms with Gasteiger partial charge in [0.2, 0.25) is 0 Å². The molecule has 0 fully saturated rings. The third-order valence-electron chi connectivity index (χ3n) is 0. The van der Waals surface area contributed by atoms with E-state index in [1.165, 1.54) is 0 Å². The summed E-state index contributed by atoms with van der Waals surface area (Å²) in [7, 11) is 0. The van der Waals surface area contributed by atoms with Gasteiger partial charge in [0.15, 0.2) is 0 Å². The zero-order valence-electron chi connectivity index (χ0n) is 1.49. The average molecular weight is 176 g/mol. The van der Waals surface area contributed by atoms with Crippen molar-refractivity contribution in [3.8, 4) is 0 Å². The molecule has 0 atom stereocenters. The van der Waals surface area contributed by atoms with Crippen molar-refractivity contribution in [2.45, 2.75) is 0 Å². The molecule has 17 valence electrons. The molecule has 0 aliphatic rings. The van der Waals surface area contributed by atoms with Crippen LogP contribution in [0, 0.1) is 0 Å². The van der Waals surface area contributed by atoms with E-state index in [1.807, 2.05) is 0 Å². The van der Waals surface area contributed by atoms with Gasteiger partial charge in [0.05, 0.1) is 0 Å². The molecular weight excluding hydrogens is 175 g/mol. The van der Waals surface area contributed by atoms with E-state index in [0.717, 1.165) is 0 Å². The first-order valence-electron chi connectivity index (χ1n) is 0.154. The van der Waals surface area contributed by atoms with Gasteiger partial charge < -0.3 is 0 Å². The fourth-order valence-electron chi connectivity index (χ4n) is 0. The molecule has 0 unspecified atom stereocenters. The summed E-state index contributed by atoms with van der Waals surface area (Å²) in [6.07, 6.45) is 0. The Morgan fingerprint density at radius 3 is 1.25 bits per heavy atom. The maximum Gasteiger partial charge on any atom is 0 e. The zero-order valence-corrected chi connectivity index (χ0v) is 5.64. The van der Waals surface area contributed by atoms with Gasteiger partial charge in [-0.2, -0.15) is 0 Å². The summed E-state index contributed by atoms with van der Waals surface area (Å²) in [5.41, 5.74) is 0. The van der Waals surface area contributed by atoms with E-state index in [4.69, 9.17) is 3.83 Å². The van der Waals surface area contributed by atoms with Crippen molar-refractivity contribution in [2.24, 2.45) is 0 Å². The fourth-order valence-corrected chi connectivity index (χ4v) is 0. The molecule has 0 aliphatic carbocycles. The Balaban J connectivity index is -0.00000000500. The normalized spacial score (nSPS) is 1.00. The molecule has 0 radical (unpaired) electrons. The SMILES string of the molecule is [KH].[O]=[Mn].[Zn]. The van der Waals surface area contributed by atoms with Crippen LogP contribution in [0.15, 0.2) is 0 Å². The second-order valence-corrected chi connectivity index (χ2v) is 0. The van der Waals surface area contributed by atoms with Gasteiger partial charge in [-0.15, -0.1) is 0 Å². The Morgan fingerprint density at radius 1 is 1.25 bits per heavy atom. The van der Waals surface area contributed by atoms with Crippen LogP contribution in [-0.4, -0.2) is 51.4 Å². The van der Waals surface area contributed by atoms with Crippen molar-refractivity contribution in [3.05, 3.63) is 0 Å². The van der Waals surface area contributed by atoms with Crippen LogP contribution in [0.3, 0.4) is 0 Å². The van der Waals surface area contributed by atoms with E-state index >= 15 is 0 Å². The Morgan fingerprint density at radius 2 is 1.25 bits per heavy atom. The van der Waals surface area contributed by atoms with Crippen LogP contribution in [0.2, 0.25) is 0 Å². The molecule has 4 heteroatoms. The summed E-state index contributed by atoms with van der Waals surface area (Å²) < 4.78 is 8.06. The average Bonchev–Trinajstić information content (AvgIpc) is 1.00. The van der Waals surface area contributed by atoms with E-state index < -0.39 is 0 Å². The quantitative estimate of drug-likeness (QED) is 0.443. The summed E-state index contributed by atoms with van der Waals surface area (Å²) in [6, 6.07) is 0. The minimum absolute atomic E-state index is 0. The van der Waals surface area contributed by atoms with Crippen LogP contribution in [0.25, 0.3) is 0 Å². The molecule has 0 saturated carbocycles. The van der Waals surface area contributed by atoms with Crippen molar-refractivity contribution in [1.82, 2.24) is 0 Å². The summed E-state index contributed by atoms with van der Waals surface area (Å²) in [5, 5.41) is 0. The second kappa shape index (κ2) is 17.6. The van der Waals surface area contributed by atoms with Crippen molar-refractivity contribution in [3.63, 3.8) is 0 Å². The molecule has 0 aliphatic heterocycles. The molecule has 0 aromatic heterocycles. The van der Waals surface area contributed by atoms with Crippen LogP contribution in [0.4, 0.5) is 0 Å². The van der Waals surface area contributed by atoms with E-state index in [9.17, 15) is 0 Å². The number of hydrogen-bond donors (Lipinski definition) is 0. The molecule has 0 heterocycles. The molecule has 0 aromatic rings. The van der Waals surface area contributed by atoms with Gasteiger partial charge in [-0.3, -0.25) is 0 Å². The summed E-state index contributed by atoms with van der Waals surface area (Å²) in [6.45, 7) is 0. The first kappa shape index (κ1) is 16.0. The maximum atomic E-state index is 8.06. The van der Waals surface area contributed by atoms with Crippen LogP contribution in [0.1, 0.15) is 0 Å². The predicted molar refractivity (Wildman–Crippen MR) is 7.84 cm³/mol. The zero-order chi connectivity index (χ0) is 2.00. The molecule has 0 saturated heterocycles. The minimum atomic E-state index is 0. The standard InChI is InChI=1S/K.Mn.O.Zn.H. The maximum absolute atomic E-state index is 8.06. The van der Waals surface area contributed by atoms with Gasteiger partial charge in [-0.25, -0.2) is 0 Å². The van der Waals surface area contributed by atoms with Crippen molar-refractivity contribution in [1.29, 1.82) is 0 Å². The largest absolute Gasteiger partial charge is 0 e. The van der Waals surface area contributed by atoms with E-state index in [0.29, 0.717) is 0 Å². The first-order valence-corrected chi connectivity index (χ1v) is 0.636. The number of hydrogen-bond acceptors (Lipinski definition) is 1. The molecule has 0 spiro atoms. The monoisotopic (exact) mass is 175 g/mol. The van der Waals surface area contributed by atoms with Gasteiger partial charge in [0.1, 0.15) is 0 Å². The Bertz CT molecular complexity index is 8.00. The molecule has 0 N–H and O–H groups in total. The van der Waals surface area contributed by atoms with E-state index in [1.54, 1.807) is 15.9 Å². The van der Waals surface area contributed by atoms with Gasteiger partial charge >= 0.3 is 71.2 Å². The molecule has 0 rings (SSSR count). The first-order chi connectivity index (χ1) is 1.00. The Kier molecular flexibility index (Phi) is 70.3. The molecule has 1 nitrogen and oxygen atoms in total. The molecular formula is HKMnOZn.